The van der Waals surface area contributed by atoms with E-state index >= 15 is 0 Å². The molecule has 0 aliphatic rings. The molecule has 0 spiro atoms. The van der Waals surface area contributed by atoms with E-state index in [0.717, 1.165) is 17.0 Å². The first-order valence-electron chi connectivity index (χ1n) is 9.35. The number of nitro benzene ring substituents is 1. The van der Waals surface area contributed by atoms with Crippen molar-refractivity contribution in [1.29, 1.82) is 0 Å². The molecule has 0 radical (unpaired) electrons. The van der Waals surface area contributed by atoms with Gasteiger partial charge >= 0.3 is 5.97 Å². The molecule has 0 bridgehead atoms. The summed E-state index contributed by atoms with van der Waals surface area (Å²) in [5, 5.41) is 31.7. The SMILES string of the molecule is CC(=NCC(=O)c1ccc(C(=O)O)c([N+](=O)[O-])c1)c1c(C)sc(-c2ccc(Cl)c(Cl)c2)c1O. The van der Waals surface area contributed by atoms with Crippen molar-refractivity contribution in [3.63, 3.8) is 0 Å². The number of rotatable bonds is 7. The van der Waals surface area contributed by atoms with Crippen LogP contribution in [0.4, 0.5) is 5.69 Å². The summed E-state index contributed by atoms with van der Waals surface area (Å²) in [4.78, 5) is 39.5. The molecule has 170 valence electrons. The van der Waals surface area contributed by atoms with Gasteiger partial charge in [0.25, 0.3) is 5.69 Å². The maximum absolute atomic E-state index is 12.5. The number of ketones is 1. The molecular weight excluding hydrogens is 491 g/mol. The van der Waals surface area contributed by atoms with Crippen LogP contribution in [0.2, 0.25) is 10.0 Å². The van der Waals surface area contributed by atoms with E-state index in [9.17, 15) is 24.8 Å². The van der Waals surface area contributed by atoms with Gasteiger partial charge in [-0.1, -0.05) is 29.3 Å². The number of Topliss-reactive ketones (excluding diaryl/α,β-unsaturated/α-hetero) is 1. The molecule has 0 aliphatic carbocycles. The zero-order valence-corrected chi connectivity index (χ0v) is 19.6. The number of halogens is 2. The van der Waals surface area contributed by atoms with E-state index in [1.54, 1.807) is 32.0 Å². The van der Waals surface area contributed by atoms with Gasteiger partial charge in [-0.05, 0) is 43.7 Å². The van der Waals surface area contributed by atoms with Crippen molar-refractivity contribution in [3.05, 3.63) is 78.1 Å². The second-order valence-electron chi connectivity index (χ2n) is 6.96. The molecule has 0 atom stereocenters. The summed E-state index contributed by atoms with van der Waals surface area (Å²) in [6.45, 7) is 3.10. The number of carbonyl (C=O) groups excluding carboxylic acids is 1. The number of carboxylic acids is 1. The van der Waals surface area contributed by atoms with Gasteiger partial charge in [-0.25, -0.2) is 4.79 Å². The van der Waals surface area contributed by atoms with E-state index in [0.29, 0.717) is 31.8 Å². The van der Waals surface area contributed by atoms with Crippen LogP contribution in [-0.4, -0.2) is 39.1 Å². The Kier molecular flexibility index (Phi) is 7.16. The second-order valence-corrected chi connectivity index (χ2v) is 9.00. The highest BCUT2D eigenvalue weighted by Gasteiger charge is 2.23. The Hall–Kier alpha value is -3.27. The third kappa shape index (κ3) is 5.05. The molecule has 0 saturated carbocycles. The Bertz CT molecular complexity index is 1330. The number of nitro groups is 1. The Morgan fingerprint density at radius 1 is 1.15 bits per heavy atom. The molecule has 3 aromatic rings. The van der Waals surface area contributed by atoms with Crippen molar-refractivity contribution >= 4 is 57.7 Å². The summed E-state index contributed by atoms with van der Waals surface area (Å²) < 4.78 is 0. The van der Waals surface area contributed by atoms with E-state index in [4.69, 9.17) is 28.3 Å². The van der Waals surface area contributed by atoms with Gasteiger partial charge < -0.3 is 10.2 Å². The number of thiophene rings is 1. The molecule has 33 heavy (non-hydrogen) atoms. The topological polar surface area (TPSA) is 130 Å². The average Bonchev–Trinajstić information content (AvgIpc) is 3.07. The van der Waals surface area contributed by atoms with Crippen LogP contribution < -0.4 is 0 Å². The molecule has 0 saturated heterocycles. The third-order valence-corrected chi connectivity index (χ3v) is 6.69. The minimum absolute atomic E-state index is 0.00830. The lowest BCUT2D eigenvalue weighted by atomic mass is 10.1. The number of aromatic carboxylic acids is 1. The highest BCUT2D eigenvalue weighted by Crippen LogP contribution is 2.43. The van der Waals surface area contributed by atoms with Gasteiger partial charge in [-0.2, -0.15) is 0 Å². The minimum atomic E-state index is -1.46. The molecule has 3 rings (SSSR count). The smallest absolute Gasteiger partial charge is 0.342 e. The number of hydrogen-bond donors (Lipinski definition) is 2. The minimum Gasteiger partial charge on any atom is -0.506 e. The van der Waals surface area contributed by atoms with Crippen molar-refractivity contribution in [3.8, 4) is 16.2 Å². The number of benzene rings is 2. The predicted molar refractivity (Wildman–Crippen MR) is 128 cm³/mol. The van der Waals surface area contributed by atoms with Crippen LogP contribution in [0.25, 0.3) is 10.4 Å². The number of aromatic hydroxyl groups is 1. The number of aliphatic imine (C=N–C) groups is 1. The summed E-state index contributed by atoms with van der Waals surface area (Å²) in [6, 6.07) is 8.14. The highest BCUT2D eigenvalue weighted by atomic mass is 35.5. The van der Waals surface area contributed by atoms with Gasteiger partial charge in [-0.3, -0.25) is 19.9 Å². The molecule has 1 aromatic heterocycles. The maximum Gasteiger partial charge on any atom is 0.342 e. The van der Waals surface area contributed by atoms with Gasteiger partial charge in [0.1, 0.15) is 17.9 Å². The zero-order chi connectivity index (χ0) is 24.4. The van der Waals surface area contributed by atoms with Crippen molar-refractivity contribution in [2.24, 2.45) is 4.99 Å². The quantitative estimate of drug-likeness (QED) is 0.174. The molecule has 11 heteroatoms. The van der Waals surface area contributed by atoms with Crippen LogP contribution in [0, 0.1) is 17.0 Å². The molecule has 0 unspecified atom stereocenters. The lowest BCUT2D eigenvalue weighted by Crippen LogP contribution is -2.09. The molecular formula is C22H16Cl2N2O6S. The molecule has 0 amide bonds. The monoisotopic (exact) mass is 506 g/mol. The molecule has 2 aromatic carbocycles. The fourth-order valence-electron chi connectivity index (χ4n) is 3.19. The van der Waals surface area contributed by atoms with Gasteiger partial charge in [0.05, 0.1) is 25.4 Å². The van der Waals surface area contributed by atoms with Crippen LogP contribution in [-0.2, 0) is 0 Å². The maximum atomic E-state index is 12.5. The molecule has 0 fully saturated rings. The Morgan fingerprint density at radius 3 is 2.45 bits per heavy atom. The first kappa shape index (κ1) is 24.4. The van der Waals surface area contributed by atoms with E-state index in [2.05, 4.69) is 4.99 Å². The number of carbonyl (C=O) groups is 2. The summed E-state index contributed by atoms with van der Waals surface area (Å²) in [5.41, 5.74) is 0.331. The Labute approximate surface area is 201 Å². The zero-order valence-electron chi connectivity index (χ0n) is 17.3. The summed E-state index contributed by atoms with van der Waals surface area (Å²) in [6.07, 6.45) is 0. The van der Waals surface area contributed by atoms with Gasteiger partial charge in [-0.15, -0.1) is 11.3 Å². The number of nitrogens with zero attached hydrogens (tertiary/aromatic N) is 2. The highest BCUT2D eigenvalue weighted by molar-refractivity contribution is 7.16. The second kappa shape index (κ2) is 9.70. The summed E-state index contributed by atoms with van der Waals surface area (Å²) in [7, 11) is 0. The largest absolute Gasteiger partial charge is 0.506 e. The fraction of sp³-hybridized carbons (Fsp3) is 0.136. The summed E-state index contributed by atoms with van der Waals surface area (Å²) in [5.74, 6) is -2.01. The molecule has 0 aliphatic heterocycles. The van der Waals surface area contributed by atoms with E-state index in [1.165, 1.54) is 17.4 Å². The van der Waals surface area contributed by atoms with E-state index in [1.807, 2.05) is 0 Å². The standard InChI is InChI=1S/C22H16Cl2N2O6S/c1-10(19-11(2)33-21(20(19)28)13-4-6-15(23)16(24)7-13)25-9-18(27)12-3-5-14(22(29)30)17(8-12)26(31)32/h3-8,28H,9H2,1-2H3,(H,29,30). The van der Waals surface area contributed by atoms with Crippen molar-refractivity contribution in [2.45, 2.75) is 13.8 Å². The van der Waals surface area contributed by atoms with Crippen molar-refractivity contribution < 1.29 is 24.7 Å². The lowest BCUT2D eigenvalue weighted by molar-refractivity contribution is -0.385. The Balaban J connectivity index is 1.89. The third-order valence-electron chi connectivity index (χ3n) is 4.81. The van der Waals surface area contributed by atoms with Crippen molar-refractivity contribution in [1.82, 2.24) is 0 Å². The first-order valence-corrected chi connectivity index (χ1v) is 10.9. The van der Waals surface area contributed by atoms with Crippen LogP contribution >= 0.6 is 34.5 Å². The number of carboxylic acid groups (broad SMARTS) is 1. The fourth-order valence-corrected chi connectivity index (χ4v) is 4.58. The van der Waals surface area contributed by atoms with E-state index < -0.39 is 27.9 Å². The van der Waals surface area contributed by atoms with Crippen LogP contribution in [0.5, 0.6) is 5.75 Å². The van der Waals surface area contributed by atoms with Crippen molar-refractivity contribution in [2.75, 3.05) is 6.54 Å². The number of aryl methyl sites for hydroxylation is 1. The molecule has 8 nitrogen and oxygen atoms in total. The van der Waals surface area contributed by atoms with Crippen LogP contribution in [0.15, 0.2) is 41.4 Å². The van der Waals surface area contributed by atoms with Crippen LogP contribution in [0.1, 0.15) is 38.1 Å². The average molecular weight is 507 g/mol. The molecule has 2 N–H and O–H groups in total. The summed E-state index contributed by atoms with van der Waals surface area (Å²) >= 11 is 13.4. The van der Waals surface area contributed by atoms with Crippen LogP contribution in [0.3, 0.4) is 0 Å². The van der Waals surface area contributed by atoms with Gasteiger partial charge in [0, 0.05) is 22.2 Å². The predicted octanol–water partition coefficient (Wildman–Crippen LogP) is 6.03. The lowest BCUT2D eigenvalue weighted by Gasteiger charge is -2.05. The Morgan fingerprint density at radius 2 is 1.85 bits per heavy atom. The number of hydrogen-bond acceptors (Lipinski definition) is 7. The normalized spacial score (nSPS) is 11.5. The molecule has 1 heterocycles. The van der Waals surface area contributed by atoms with Gasteiger partial charge in [0.2, 0.25) is 0 Å². The first-order chi connectivity index (χ1) is 15.5. The van der Waals surface area contributed by atoms with E-state index in [-0.39, 0.29) is 17.9 Å². The van der Waals surface area contributed by atoms with Gasteiger partial charge in [0.15, 0.2) is 5.78 Å².